The Balaban J connectivity index is 1.83. The van der Waals surface area contributed by atoms with Crippen molar-refractivity contribution in [3.05, 3.63) is 12.3 Å². The van der Waals surface area contributed by atoms with Crippen molar-refractivity contribution in [1.29, 1.82) is 0 Å². The van der Waals surface area contributed by atoms with Crippen LogP contribution in [0.1, 0.15) is 91.9 Å². The molecule has 0 aromatic heterocycles. The second kappa shape index (κ2) is 13.2. The Kier molecular flexibility index (Phi) is 11.1. The van der Waals surface area contributed by atoms with Gasteiger partial charge in [-0.1, -0.05) is 26.3 Å². The van der Waals surface area contributed by atoms with E-state index in [4.69, 9.17) is 14.2 Å². The molecule has 2 aliphatic rings. The molecule has 0 aromatic rings. The first-order valence-corrected chi connectivity index (χ1v) is 13.6. The maximum absolute atomic E-state index is 13.0. The lowest BCUT2D eigenvalue weighted by molar-refractivity contribution is -0.191. The molecule has 0 heterocycles. The van der Waals surface area contributed by atoms with Crippen LogP contribution >= 0.6 is 0 Å². The van der Waals surface area contributed by atoms with Gasteiger partial charge in [0.25, 0.3) is 0 Å². The molecule has 0 radical (unpaired) electrons. The Bertz CT molecular complexity index is 846. The molecule has 0 saturated heterocycles. The summed E-state index contributed by atoms with van der Waals surface area (Å²) in [6, 6.07) is 0. The number of esters is 3. The highest BCUT2D eigenvalue weighted by Crippen LogP contribution is 2.42. The van der Waals surface area contributed by atoms with Gasteiger partial charge in [-0.2, -0.15) is 13.2 Å². The van der Waals surface area contributed by atoms with Crippen LogP contribution in [0.2, 0.25) is 0 Å². The van der Waals surface area contributed by atoms with Crippen molar-refractivity contribution >= 4 is 17.9 Å². The summed E-state index contributed by atoms with van der Waals surface area (Å²) in [5, 5.41) is 9.77. The van der Waals surface area contributed by atoms with E-state index >= 15 is 0 Å². The highest BCUT2D eigenvalue weighted by atomic mass is 19.4. The first kappa shape index (κ1) is 32.0. The fraction of sp³-hybridized carbons (Fsp3) is 0.821. The van der Waals surface area contributed by atoms with Gasteiger partial charge < -0.3 is 19.3 Å². The van der Waals surface area contributed by atoms with Gasteiger partial charge in [0, 0.05) is 5.92 Å². The number of carbonyl (C=O) groups excluding carboxylic acids is 3. The van der Waals surface area contributed by atoms with Gasteiger partial charge >= 0.3 is 24.1 Å². The van der Waals surface area contributed by atoms with E-state index in [1.54, 1.807) is 27.7 Å². The second-order valence-electron chi connectivity index (χ2n) is 11.7. The first-order chi connectivity index (χ1) is 17.6. The molecule has 0 aromatic carbocycles. The summed E-state index contributed by atoms with van der Waals surface area (Å²) in [4.78, 5) is 38.3. The van der Waals surface area contributed by atoms with Gasteiger partial charge in [-0.15, -0.1) is 0 Å². The number of carbonyl (C=O) groups is 3. The third-order valence-electron chi connectivity index (χ3n) is 8.13. The first-order valence-electron chi connectivity index (χ1n) is 13.6. The van der Waals surface area contributed by atoms with Gasteiger partial charge in [0.2, 0.25) is 0 Å². The van der Waals surface area contributed by atoms with Crippen molar-refractivity contribution in [2.24, 2.45) is 28.6 Å². The molecule has 2 fully saturated rings. The molecule has 2 rings (SSSR count). The van der Waals surface area contributed by atoms with Crippen LogP contribution in [-0.4, -0.2) is 48.5 Å². The smallest absolute Gasteiger partial charge is 0.391 e. The maximum Gasteiger partial charge on any atom is 0.391 e. The summed E-state index contributed by atoms with van der Waals surface area (Å²) in [6.45, 7) is 10.1. The lowest BCUT2D eigenvalue weighted by atomic mass is 9.72. The largest absolute Gasteiger partial charge is 0.513 e. The van der Waals surface area contributed by atoms with Crippen molar-refractivity contribution in [1.82, 2.24) is 0 Å². The van der Waals surface area contributed by atoms with Crippen LogP contribution in [0, 0.1) is 28.6 Å². The lowest BCUT2D eigenvalue weighted by Crippen LogP contribution is -2.41. The van der Waals surface area contributed by atoms with Gasteiger partial charge in [-0.25, -0.2) is 0 Å². The van der Waals surface area contributed by atoms with Crippen LogP contribution < -0.4 is 0 Å². The van der Waals surface area contributed by atoms with Gasteiger partial charge in [0.1, 0.15) is 19.3 Å². The van der Waals surface area contributed by atoms with Crippen LogP contribution in [0.5, 0.6) is 0 Å². The predicted molar refractivity (Wildman–Crippen MR) is 134 cm³/mol. The fourth-order valence-electron chi connectivity index (χ4n) is 5.58. The number of alkyl halides is 3. The molecular formula is C28H43F3O7. The minimum Gasteiger partial charge on any atom is -0.513 e. The van der Waals surface area contributed by atoms with E-state index < -0.39 is 52.9 Å². The molecule has 10 heteroatoms. The minimum absolute atomic E-state index is 0.0219. The molecule has 0 spiro atoms. The van der Waals surface area contributed by atoms with Crippen LogP contribution in [0.15, 0.2) is 12.3 Å². The Morgan fingerprint density at radius 3 is 1.95 bits per heavy atom. The van der Waals surface area contributed by atoms with Crippen LogP contribution in [0.4, 0.5) is 13.2 Å². The molecule has 0 amide bonds. The molecule has 2 saturated carbocycles. The molecule has 7 nitrogen and oxygen atoms in total. The molecule has 3 unspecified atom stereocenters. The maximum atomic E-state index is 13.0. The molecule has 0 bridgehead atoms. The zero-order chi connectivity index (χ0) is 28.7. The van der Waals surface area contributed by atoms with Crippen molar-refractivity contribution in [3.63, 3.8) is 0 Å². The molecule has 3 atom stereocenters. The lowest BCUT2D eigenvalue weighted by Gasteiger charge is -2.36. The Morgan fingerprint density at radius 1 is 0.868 bits per heavy atom. The van der Waals surface area contributed by atoms with E-state index in [9.17, 15) is 32.7 Å². The van der Waals surface area contributed by atoms with Crippen LogP contribution in [-0.2, 0) is 28.6 Å². The summed E-state index contributed by atoms with van der Waals surface area (Å²) < 4.78 is 55.0. The van der Waals surface area contributed by atoms with Gasteiger partial charge in [-0.05, 0) is 72.1 Å². The zero-order valence-corrected chi connectivity index (χ0v) is 23.0. The highest BCUT2D eigenvalue weighted by molar-refractivity contribution is 5.80. The minimum atomic E-state index is -4.23. The Morgan fingerprint density at radius 2 is 1.42 bits per heavy atom. The fourth-order valence-corrected chi connectivity index (χ4v) is 5.58. The number of hydrogen-bond donors (Lipinski definition) is 1. The summed E-state index contributed by atoms with van der Waals surface area (Å²) in [6.07, 6.45) is -1.08. The van der Waals surface area contributed by atoms with E-state index in [0.29, 0.717) is 19.3 Å². The topological polar surface area (TPSA) is 99.1 Å². The Labute approximate surface area is 223 Å². The van der Waals surface area contributed by atoms with E-state index in [1.165, 1.54) is 0 Å². The van der Waals surface area contributed by atoms with Crippen molar-refractivity contribution in [2.45, 2.75) is 104 Å². The highest BCUT2D eigenvalue weighted by Gasteiger charge is 2.45. The van der Waals surface area contributed by atoms with E-state index in [2.05, 4.69) is 6.58 Å². The third kappa shape index (κ3) is 8.63. The van der Waals surface area contributed by atoms with Crippen LogP contribution in [0.3, 0.4) is 0 Å². The van der Waals surface area contributed by atoms with Gasteiger partial charge in [0.05, 0.1) is 28.4 Å². The number of aliphatic hydroxyl groups excluding tert-OH is 1. The number of rotatable bonds is 11. The van der Waals surface area contributed by atoms with E-state index in [-0.39, 0.29) is 57.0 Å². The quantitative estimate of drug-likeness (QED) is 0.137. The molecule has 38 heavy (non-hydrogen) atoms. The SMILES string of the molecule is C=C(O)C1CCCCC1C(=O)OCCOC(=O)C(C)(C)CC(C)(CC)C(=O)OC1CCC(C(F)(F)F)CC1. The molecule has 218 valence electrons. The normalized spacial score (nSPS) is 26.1. The summed E-state index contributed by atoms with van der Waals surface area (Å²) >= 11 is 0. The third-order valence-corrected chi connectivity index (χ3v) is 8.13. The molecular weight excluding hydrogens is 505 g/mol. The number of aliphatic hydroxyl groups is 1. The predicted octanol–water partition coefficient (Wildman–Crippen LogP) is 6.45. The van der Waals surface area contributed by atoms with Gasteiger partial charge in [-0.3, -0.25) is 14.4 Å². The number of halogens is 3. The average Bonchev–Trinajstić information content (AvgIpc) is 2.85. The molecule has 1 N–H and O–H groups in total. The monoisotopic (exact) mass is 548 g/mol. The van der Waals surface area contributed by atoms with E-state index in [0.717, 1.165) is 12.8 Å². The van der Waals surface area contributed by atoms with Crippen molar-refractivity contribution < 1.29 is 46.9 Å². The molecule has 0 aliphatic heterocycles. The summed E-state index contributed by atoms with van der Waals surface area (Å²) in [5.41, 5.74) is -2.09. The number of allylic oxidation sites excluding steroid dienone is 1. The average molecular weight is 549 g/mol. The summed E-state index contributed by atoms with van der Waals surface area (Å²) in [5.74, 6) is -3.72. The standard InChI is InChI=1S/C28H43F3O7/c1-6-27(5,25(35)38-20-13-11-19(12-14-20)28(29,30)31)17-26(3,4)24(34)37-16-15-36-23(33)22-10-8-7-9-21(22)18(2)32/h19-22,32H,2,6-17H2,1,3-5H3. The van der Waals surface area contributed by atoms with Crippen molar-refractivity contribution in [2.75, 3.05) is 13.2 Å². The number of ether oxygens (including phenoxy) is 3. The summed E-state index contributed by atoms with van der Waals surface area (Å²) in [7, 11) is 0. The molecule has 2 aliphatic carbocycles. The second-order valence-corrected chi connectivity index (χ2v) is 11.7. The Hall–Kier alpha value is -2.26. The number of hydrogen-bond acceptors (Lipinski definition) is 7. The zero-order valence-electron chi connectivity index (χ0n) is 23.0. The van der Waals surface area contributed by atoms with Crippen LogP contribution in [0.25, 0.3) is 0 Å². The van der Waals surface area contributed by atoms with Crippen molar-refractivity contribution in [3.8, 4) is 0 Å². The van der Waals surface area contributed by atoms with E-state index in [1.807, 2.05) is 0 Å². The van der Waals surface area contributed by atoms with Gasteiger partial charge in [0.15, 0.2) is 0 Å².